The fourth-order valence-corrected chi connectivity index (χ4v) is 3.51. The number of hydrogen-bond donors (Lipinski definition) is 1. The molecule has 1 N–H and O–H groups in total. The number of carbonyl (C=O) groups excluding carboxylic acids is 1. The molecule has 2 aromatic carbocycles. The number of carbonyl (C=O) groups is 1. The molecule has 3 nitrogen and oxygen atoms in total. The van der Waals surface area contributed by atoms with Crippen molar-refractivity contribution in [2.75, 3.05) is 20.1 Å². The van der Waals surface area contributed by atoms with Crippen LogP contribution in [0, 0.1) is 5.82 Å². The summed E-state index contributed by atoms with van der Waals surface area (Å²) >= 11 is 1.71. The molecule has 3 aromatic rings. The van der Waals surface area contributed by atoms with Crippen molar-refractivity contribution in [1.29, 1.82) is 0 Å². The van der Waals surface area contributed by atoms with Crippen LogP contribution in [0.5, 0.6) is 0 Å². The van der Waals surface area contributed by atoms with Crippen molar-refractivity contribution in [1.82, 2.24) is 10.2 Å². The van der Waals surface area contributed by atoms with Crippen LogP contribution in [0.4, 0.5) is 4.39 Å². The number of hydrogen-bond acceptors (Lipinski definition) is 3. The molecular weight excluding hydrogens is 335 g/mol. The Kier molecular flexibility index (Phi) is 5.79. The van der Waals surface area contributed by atoms with Gasteiger partial charge in [-0.3, -0.25) is 4.79 Å². The average molecular weight is 356 g/mol. The number of halogens is 1. The third kappa shape index (κ3) is 5.11. The smallest absolute Gasteiger partial charge is 0.224 e. The van der Waals surface area contributed by atoms with Crippen molar-refractivity contribution in [3.63, 3.8) is 0 Å². The largest absolute Gasteiger partial charge is 0.355 e. The molecule has 1 aromatic heterocycles. The first-order chi connectivity index (χ1) is 12.1. The highest BCUT2D eigenvalue weighted by Gasteiger charge is 2.06. The lowest BCUT2D eigenvalue weighted by atomic mass is 10.1. The number of benzene rings is 2. The Morgan fingerprint density at radius 1 is 1.12 bits per heavy atom. The van der Waals surface area contributed by atoms with Gasteiger partial charge in [0.25, 0.3) is 0 Å². The minimum Gasteiger partial charge on any atom is -0.355 e. The molecule has 0 bridgehead atoms. The lowest BCUT2D eigenvalue weighted by Crippen LogP contribution is -2.33. The Morgan fingerprint density at radius 3 is 2.68 bits per heavy atom. The molecule has 5 heteroatoms. The molecule has 0 aliphatic carbocycles. The molecule has 130 valence electrons. The number of amides is 1. The Morgan fingerprint density at radius 2 is 1.88 bits per heavy atom. The van der Waals surface area contributed by atoms with Gasteiger partial charge in [-0.15, -0.1) is 11.3 Å². The van der Waals surface area contributed by atoms with Gasteiger partial charge < -0.3 is 10.2 Å². The number of nitrogens with zero attached hydrogens (tertiary/aromatic N) is 1. The van der Waals surface area contributed by atoms with Gasteiger partial charge in [0, 0.05) is 24.3 Å². The minimum atomic E-state index is -0.223. The molecule has 1 amide bonds. The molecule has 0 spiro atoms. The van der Waals surface area contributed by atoms with E-state index in [4.69, 9.17) is 0 Å². The maximum atomic E-state index is 12.9. The van der Waals surface area contributed by atoms with E-state index in [1.807, 2.05) is 13.1 Å². The highest BCUT2D eigenvalue weighted by molar-refractivity contribution is 7.17. The summed E-state index contributed by atoms with van der Waals surface area (Å²) in [7, 11) is 1.99. The quantitative estimate of drug-likeness (QED) is 0.698. The van der Waals surface area contributed by atoms with Crippen LogP contribution >= 0.6 is 11.3 Å². The van der Waals surface area contributed by atoms with E-state index >= 15 is 0 Å². The average Bonchev–Trinajstić information content (AvgIpc) is 3.04. The molecule has 0 saturated heterocycles. The van der Waals surface area contributed by atoms with Crippen LogP contribution in [0.1, 0.15) is 11.1 Å². The number of likely N-dealkylation sites (N-methyl/N-ethyl adjacent to an activating group) is 1. The van der Waals surface area contributed by atoms with Crippen LogP contribution < -0.4 is 5.32 Å². The summed E-state index contributed by atoms with van der Waals surface area (Å²) in [5.74, 6) is -0.191. The molecule has 0 aliphatic rings. The molecule has 25 heavy (non-hydrogen) atoms. The Bertz CT molecular complexity index is 844. The van der Waals surface area contributed by atoms with Crippen molar-refractivity contribution < 1.29 is 9.18 Å². The summed E-state index contributed by atoms with van der Waals surface area (Å²) in [4.78, 5) is 14.2. The van der Waals surface area contributed by atoms with E-state index in [1.54, 1.807) is 23.5 Å². The van der Waals surface area contributed by atoms with Crippen molar-refractivity contribution >= 4 is 27.3 Å². The van der Waals surface area contributed by atoms with Crippen LogP contribution in [0.15, 0.2) is 53.9 Å². The zero-order chi connectivity index (χ0) is 17.6. The standard InChI is InChI=1S/C20H21FN2OS/c1-23(14-15-2-5-18(21)6-3-15)10-9-22-20(24)13-16-4-7-19-17(12-16)8-11-25-19/h2-8,11-12H,9-10,13-14H2,1H3,(H,22,24). The predicted molar refractivity (Wildman–Crippen MR) is 101 cm³/mol. The second-order valence-electron chi connectivity index (χ2n) is 6.18. The van der Waals surface area contributed by atoms with Gasteiger partial charge in [-0.1, -0.05) is 18.2 Å². The first kappa shape index (κ1) is 17.6. The van der Waals surface area contributed by atoms with Gasteiger partial charge >= 0.3 is 0 Å². The third-order valence-corrected chi connectivity index (χ3v) is 4.96. The van der Waals surface area contributed by atoms with Gasteiger partial charge in [0.1, 0.15) is 5.82 Å². The van der Waals surface area contributed by atoms with Gasteiger partial charge in [0.2, 0.25) is 5.91 Å². The molecule has 0 aliphatic heterocycles. The predicted octanol–water partition coefficient (Wildman–Crippen LogP) is 3.83. The maximum absolute atomic E-state index is 12.9. The number of nitrogens with one attached hydrogen (secondary N) is 1. The summed E-state index contributed by atoms with van der Waals surface area (Å²) < 4.78 is 14.1. The first-order valence-corrected chi connectivity index (χ1v) is 9.14. The topological polar surface area (TPSA) is 32.3 Å². The van der Waals surface area contributed by atoms with E-state index in [9.17, 15) is 9.18 Å². The lowest BCUT2D eigenvalue weighted by Gasteiger charge is -2.17. The molecule has 0 radical (unpaired) electrons. The molecular formula is C20H21FN2OS. The van der Waals surface area contributed by atoms with E-state index in [-0.39, 0.29) is 11.7 Å². The molecule has 0 atom stereocenters. The summed E-state index contributed by atoms with van der Waals surface area (Å²) in [6.07, 6.45) is 0.396. The number of thiophene rings is 1. The minimum absolute atomic E-state index is 0.0322. The van der Waals surface area contributed by atoms with Gasteiger partial charge in [0.05, 0.1) is 6.42 Å². The third-order valence-electron chi connectivity index (χ3n) is 4.06. The van der Waals surface area contributed by atoms with Gasteiger partial charge in [-0.2, -0.15) is 0 Å². The zero-order valence-electron chi connectivity index (χ0n) is 14.2. The summed E-state index contributed by atoms with van der Waals surface area (Å²) in [6.45, 7) is 2.06. The van der Waals surface area contributed by atoms with Crippen molar-refractivity contribution in [3.8, 4) is 0 Å². The van der Waals surface area contributed by atoms with Crippen LogP contribution in [0.2, 0.25) is 0 Å². The van der Waals surface area contributed by atoms with Gasteiger partial charge in [0.15, 0.2) is 0 Å². The summed E-state index contributed by atoms with van der Waals surface area (Å²) in [6, 6.07) is 14.7. The van der Waals surface area contributed by atoms with Crippen LogP contribution in [0.25, 0.3) is 10.1 Å². The van der Waals surface area contributed by atoms with Crippen LogP contribution in [-0.2, 0) is 17.8 Å². The van der Waals surface area contributed by atoms with E-state index in [1.165, 1.54) is 22.2 Å². The van der Waals surface area contributed by atoms with Gasteiger partial charge in [-0.25, -0.2) is 4.39 Å². The van der Waals surface area contributed by atoms with Gasteiger partial charge in [-0.05, 0) is 59.3 Å². The number of fused-ring (bicyclic) bond motifs is 1. The molecule has 0 saturated carbocycles. The fourth-order valence-electron chi connectivity index (χ4n) is 2.74. The first-order valence-electron chi connectivity index (χ1n) is 8.26. The van der Waals surface area contributed by atoms with Crippen molar-refractivity contribution in [3.05, 3.63) is 70.9 Å². The Hall–Kier alpha value is -2.24. The summed E-state index contributed by atoms with van der Waals surface area (Å²) in [5.41, 5.74) is 2.09. The van der Waals surface area contributed by atoms with Crippen LogP contribution in [0.3, 0.4) is 0 Å². The lowest BCUT2D eigenvalue weighted by molar-refractivity contribution is -0.120. The van der Waals surface area contributed by atoms with Crippen LogP contribution in [-0.4, -0.2) is 30.9 Å². The Labute approximate surface area is 151 Å². The van der Waals surface area contributed by atoms with E-state index in [0.717, 1.165) is 24.2 Å². The number of rotatable bonds is 7. The maximum Gasteiger partial charge on any atom is 0.224 e. The second-order valence-corrected chi connectivity index (χ2v) is 7.13. The van der Waals surface area contributed by atoms with E-state index in [2.05, 4.69) is 33.8 Å². The Balaban J connectivity index is 1.41. The SMILES string of the molecule is CN(CCNC(=O)Cc1ccc2sccc2c1)Cc1ccc(F)cc1. The molecule has 0 unspecified atom stereocenters. The highest BCUT2D eigenvalue weighted by Crippen LogP contribution is 2.21. The molecule has 0 fully saturated rings. The monoisotopic (exact) mass is 356 g/mol. The van der Waals surface area contributed by atoms with Crippen molar-refractivity contribution in [2.24, 2.45) is 0 Å². The second kappa shape index (κ2) is 8.23. The van der Waals surface area contributed by atoms with E-state index in [0.29, 0.717) is 13.0 Å². The molecule has 3 rings (SSSR count). The normalized spacial score (nSPS) is 11.2. The van der Waals surface area contributed by atoms with E-state index < -0.39 is 0 Å². The molecule has 1 heterocycles. The summed E-state index contributed by atoms with van der Waals surface area (Å²) in [5, 5.41) is 6.21. The highest BCUT2D eigenvalue weighted by atomic mass is 32.1. The fraction of sp³-hybridized carbons (Fsp3) is 0.250. The zero-order valence-corrected chi connectivity index (χ0v) is 15.0. The van der Waals surface area contributed by atoms with Crippen molar-refractivity contribution in [2.45, 2.75) is 13.0 Å².